The fraction of sp³-hybridized carbons (Fsp3) is 0.143. The number of nitrogens with zero attached hydrogens (tertiary/aromatic N) is 4. The number of hydrogen-bond donors (Lipinski definition) is 4. The molecule has 0 saturated carbocycles. The van der Waals surface area contributed by atoms with E-state index >= 15 is 0 Å². The van der Waals surface area contributed by atoms with Crippen molar-refractivity contribution in [2.24, 2.45) is 0 Å². The number of allylic oxidation sites excluding steroid dienone is 1. The summed E-state index contributed by atoms with van der Waals surface area (Å²) in [5.41, 5.74) is 2.46. The van der Waals surface area contributed by atoms with Crippen LogP contribution >= 0.6 is 0 Å². The fourth-order valence-electron chi connectivity index (χ4n) is 2.61. The van der Waals surface area contributed by atoms with Crippen molar-refractivity contribution in [3.05, 3.63) is 84.2 Å². The van der Waals surface area contributed by atoms with E-state index in [2.05, 4.69) is 35.9 Å². The Morgan fingerprint density at radius 1 is 1.19 bits per heavy atom. The monoisotopic (exact) mass is 418 g/mol. The molecule has 3 rings (SSSR count). The molecule has 3 heterocycles. The molecule has 158 valence electrons. The smallest absolute Gasteiger partial charge is 0.277 e. The lowest BCUT2D eigenvalue weighted by molar-refractivity contribution is 0.0958. The highest BCUT2D eigenvalue weighted by molar-refractivity contribution is 6.06. The average Bonchev–Trinajstić information content (AvgIpc) is 2.81. The van der Waals surface area contributed by atoms with Crippen molar-refractivity contribution in [3.63, 3.8) is 0 Å². The molecule has 3 aromatic rings. The third-order valence-corrected chi connectivity index (χ3v) is 4.05. The third kappa shape index (κ3) is 5.90. The Balaban J connectivity index is 1.86. The molecule has 10 heteroatoms. The molecule has 0 saturated heterocycles. The summed E-state index contributed by atoms with van der Waals surface area (Å²) in [7, 11) is 3.20. The lowest BCUT2D eigenvalue weighted by Gasteiger charge is -2.14. The van der Waals surface area contributed by atoms with Crippen LogP contribution in [0.1, 0.15) is 21.9 Å². The van der Waals surface area contributed by atoms with Crippen LogP contribution in [0.2, 0.25) is 0 Å². The van der Waals surface area contributed by atoms with Crippen molar-refractivity contribution in [2.75, 3.05) is 19.5 Å². The number of nitrogens with one attached hydrogen (secondary N) is 4. The second-order valence-electron chi connectivity index (χ2n) is 6.27. The van der Waals surface area contributed by atoms with Crippen molar-refractivity contribution in [3.8, 4) is 0 Å². The molecule has 0 spiro atoms. The molecule has 0 radical (unpaired) electrons. The molecule has 0 aliphatic rings. The molecular weight excluding hydrogens is 396 g/mol. The number of pyridine rings is 2. The summed E-state index contributed by atoms with van der Waals surface area (Å²) in [5.74, 6) is -0.139. The van der Waals surface area contributed by atoms with Gasteiger partial charge in [0.15, 0.2) is 5.69 Å². The van der Waals surface area contributed by atoms with Gasteiger partial charge < -0.3 is 20.7 Å². The molecule has 0 unspecified atom stereocenters. The SMILES string of the molecule is CN/C(=C\C(=N)c1ccccn1)NC(=O)c1nc(COC)ccc1Nc1cncnc1. The number of carbonyl (C=O) groups excluding carboxylic acids is 1. The fourth-order valence-corrected chi connectivity index (χ4v) is 2.61. The molecule has 0 fully saturated rings. The van der Waals surface area contributed by atoms with Gasteiger partial charge in [-0.3, -0.25) is 15.2 Å². The molecule has 0 bridgehead atoms. The summed E-state index contributed by atoms with van der Waals surface area (Å²) in [6.07, 6.45) is 7.68. The zero-order valence-corrected chi connectivity index (χ0v) is 17.1. The molecule has 1 amide bonds. The molecule has 3 aromatic heterocycles. The van der Waals surface area contributed by atoms with Crippen LogP contribution in [0.4, 0.5) is 11.4 Å². The Labute approximate surface area is 179 Å². The summed E-state index contributed by atoms with van der Waals surface area (Å²) in [6.45, 7) is 0.258. The molecule has 31 heavy (non-hydrogen) atoms. The average molecular weight is 418 g/mol. The zero-order chi connectivity index (χ0) is 22.1. The molecule has 0 atom stereocenters. The predicted octanol–water partition coefficient (Wildman–Crippen LogP) is 2.02. The van der Waals surface area contributed by atoms with Gasteiger partial charge in [-0.2, -0.15) is 0 Å². The van der Waals surface area contributed by atoms with Crippen molar-refractivity contribution in [1.29, 1.82) is 5.41 Å². The number of rotatable bonds is 9. The summed E-state index contributed by atoms with van der Waals surface area (Å²) in [6, 6.07) is 8.78. The Kier molecular flexibility index (Phi) is 7.33. The molecule has 0 aliphatic carbocycles. The van der Waals surface area contributed by atoms with Crippen LogP contribution in [0.25, 0.3) is 0 Å². The topological polar surface area (TPSA) is 138 Å². The molecular formula is C21H22N8O2. The van der Waals surface area contributed by atoms with Gasteiger partial charge in [-0.15, -0.1) is 0 Å². The van der Waals surface area contributed by atoms with E-state index in [0.29, 0.717) is 28.6 Å². The number of ether oxygens (including phenoxy) is 1. The largest absolute Gasteiger partial charge is 0.378 e. The van der Waals surface area contributed by atoms with Crippen LogP contribution < -0.4 is 16.0 Å². The van der Waals surface area contributed by atoms with Gasteiger partial charge in [-0.25, -0.2) is 15.0 Å². The van der Waals surface area contributed by atoms with E-state index in [1.165, 1.54) is 12.4 Å². The van der Waals surface area contributed by atoms with Gasteiger partial charge >= 0.3 is 0 Å². The molecule has 0 aliphatic heterocycles. The van der Waals surface area contributed by atoms with E-state index in [4.69, 9.17) is 10.1 Å². The van der Waals surface area contributed by atoms with Crippen molar-refractivity contribution in [2.45, 2.75) is 6.61 Å². The highest BCUT2D eigenvalue weighted by Gasteiger charge is 2.16. The maximum atomic E-state index is 13.0. The van der Waals surface area contributed by atoms with Gasteiger partial charge in [-0.05, 0) is 24.3 Å². The van der Waals surface area contributed by atoms with Crippen molar-refractivity contribution in [1.82, 2.24) is 30.6 Å². The van der Waals surface area contributed by atoms with E-state index in [-0.39, 0.29) is 18.0 Å². The van der Waals surface area contributed by atoms with Gasteiger partial charge in [0, 0.05) is 26.4 Å². The minimum absolute atomic E-state index is 0.145. The van der Waals surface area contributed by atoms with E-state index in [1.807, 2.05) is 0 Å². The normalized spacial score (nSPS) is 11.0. The number of anilines is 2. The molecule has 0 aromatic carbocycles. The number of amides is 1. The van der Waals surface area contributed by atoms with Gasteiger partial charge in [0.1, 0.15) is 12.1 Å². The zero-order valence-electron chi connectivity index (χ0n) is 17.1. The quantitative estimate of drug-likeness (QED) is 0.387. The van der Waals surface area contributed by atoms with E-state index in [0.717, 1.165) is 0 Å². The summed E-state index contributed by atoms with van der Waals surface area (Å²) < 4.78 is 5.13. The summed E-state index contributed by atoms with van der Waals surface area (Å²) in [5, 5.41) is 16.9. The van der Waals surface area contributed by atoms with Crippen LogP contribution in [0.15, 0.2) is 67.1 Å². The first kappa shape index (κ1) is 21.5. The van der Waals surface area contributed by atoms with E-state index < -0.39 is 5.91 Å². The summed E-state index contributed by atoms with van der Waals surface area (Å²) in [4.78, 5) is 29.5. The van der Waals surface area contributed by atoms with Gasteiger partial charge in [-0.1, -0.05) is 6.07 Å². The van der Waals surface area contributed by atoms with E-state index in [1.54, 1.807) is 63.1 Å². The minimum atomic E-state index is -0.466. The number of methoxy groups -OCH3 is 1. The number of hydrogen-bond acceptors (Lipinski definition) is 9. The maximum Gasteiger partial charge on any atom is 0.277 e. The van der Waals surface area contributed by atoms with Crippen LogP contribution in [0.3, 0.4) is 0 Å². The lowest BCUT2D eigenvalue weighted by Crippen LogP contribution is -2.31. The van der Waals surface area contributed by atoms with Gasteiger partial charge in [0.25, 0.3) is 5.91 Å². The second-order valence-corrected chi connectivity index (χ2v) is 6.27. The summed E-state index contributed by atoms with van der Waals surface area (Å²) >= 11 is 0. The van der Waals surface area contributed by atoms with E-state index in [9.17, 15) is 4.79 Å². The highest BCUT2D eigenvalue weighted by atomic mass is 16.5. The highest BCUT2D eigenvalue weighted by Crippen LogP contribution is 2.20. The third-order valence-electron chi connectivity index (χ3n) is 4.05. The van der Waals surface area contributed by atoms with Crippen molar-refractivity contribution >= 4 is 23.0 Å². The van der Waals surface area contributed by atoms with Gasteiger partial charge in [0.2, 0.25) is 0 Å². The van der Waals surface area contributed by atoms with Crippen LogP contribution in [-0.4, -0.2) is 45.7 Å². The maximum absolute atomic E-state index is 13.0. The Morgan fingerprint density at radius 2 is 2.00 bits per heavy atom. The first-order valence-corrected chi connectivity index (χ1v) is 9.32. The number of aromatic nitrogens is 4. The Hall–Kier alpha value is -4.18. The van der Waals surface area contributed by atoms with Crippen LogP contribution in [-0.2, 0) is 11.3 Å². The molecule has 10 nitrogen and oxygen atoms in total. The van der Waals surface area contributed by atoms with Crippen LogP contribution in [0, 0.1) is 5.41 Å². The Morgan fingerprint density at radius 3 is 2.68 bits per heavy atom. The first-order valence-electron chi connectivity index (χ1n) is 9.32. The lowest BCUT2D eigenvalue weighted by atomic mass is 10.2. The Bertz CT molecular complexity index is 1070. The first-order chi connectivity index (χ1) is 15.1. The predicted molar refractivity (Wildman–Crippen MR) is 116 cm³/mol. The minimum Gasteiger partial charge on any atom is -0.378 e. The second kappa shape index (κ2) is 10.6. The van der Waals surface area contributed by atoms with Gasteiger partial charge in [0.05, 0.1) is 47.5 Å². The van der Waals surface area contributed by atoms with Crippen LogP contribution in [0.5, 0.6) is 0 Å². The molecule has 4 N–H and O–H groups in total. The number of carbonyl (C=O) groups is 1. The van der Waals surface area contributed by atoms with Crippen molar-refractivity contribution < 1.29 is 9.53 Å². The standard InChI is InChI=1S/C21H22N8O2/c1-23-19(9-16(22)17-5-3-4-8-26-17)29-21(30)20-18(7-6-14(28-20)12-31-2)27-15-10-24-13-25-11-15/h3-11,13,22-23,27H,12H2,1-2H3,(H,29,30)/b19-9+,22-16?.